The van der Waals surface area contributed by atoms with Crippen LogP contribution in [0.5, 0.6) is 0 Å². The number of imidazole rings is 1. The molecule has 3 rings (SSSR count). The Morgan fingerprint density at radius 3 is 2.95 bits per heavy atom. The van der Waals surface area contributed by atoms with Crippen LogP contribution in [-0.4, -0.2) is 25.8 Å². The van der Waals surface area contributed by atoms with Gasteiger partial charge in [-0.25, -0.2) is 4.98 Å². The van der Waals surface area contributed by atoms with Crippen molar-refractivity contribution in [3.63, 3.8) is 0 Å². The average molecular weight is 298 g/mol. The van der Waals surface area contributed by atoms with Crippen molar-refractivity contribution in [1.29, 1.82) is 0 Å². The van der Waals surface area contributed by atoms with Gasteiger partial charge in [-0.1, -0.05) is 11.6 Å². The number of hydrogen-bond donors (Lipinski definition) is 2. The van der Waals surface area contributed by atoms with Gasteiger partial charge in [-0.2, -0.15) is 9.97 Å². The van der Waals surface area contributed by atoms with Crippen molar-refractivity contribution in [2.24, 2.45) is 0 Å². The second-order valence-electron chi connectivity index (χ2n) is 3.50. The highest BCUT2D eigenvalue weighted by Crippen LogP contribution is 2.20. The summed E-state index contributed by atoms with van der Waals surface area (Å²) in [6.07, 6.45) is 2.74. The minimum Gasteiger partial charge on any atom is -0.452 e. The third-order valence-corrected chi connectivity index (χ3v) is 2.90. The number of fused-ring (bicyclic) bond motifs is 1. The number of carbonyl (C=O) groups is 1. The molecular weight excluding hydrogens is 293 g/mol. The van der Waals surface area contributed by atoms with Crippen LogP contribution >= 0.6 is 23.2 Å². The molecule has 0 saturated heterocycles. The summed E-state index contributed by atoms with van der Waals surface area (Å²) < 4.78 is 4.83. The molecule has 0 atom stereocenters. The Hall–Kier alpha value is -2.12. The first-order valence-corrected chi connectivity index (χ1v) is 5.81. The lowest BCUT2D eigenvalue weighted by Gasteiger charge is -2.02. The Morgan fingerprint density at radius 2 is 2.21 bits per heavy atom. The Bertz CT molecular complexity index is 766. The second kappa shape index (κ2) is 4.52. The highest BCUT2D eigenvalue weighted by atomic mass is 35.5. The van der Waals surface area contributed by atoms with E-state index in [1.807, 2.05) is 0 Å². The number of aromatic nitrogens is 4. The smallest absolute Gasteiger partial charge is 0.262 e. The van der Waals surface area contributed by atoms with Gasteiger partial charge < -0.3 is 9.40 Å². The number of amides is 1. The fourth-order valence-electron chi connectivity index (χ4n) is 1.48. The standard InChI is InChI=1S/C10H5Cl2N5O2/c11-6-5-8(14-3-13-5)16-10(15-6)17-9(18)4-1-2-19-7(4)12/h1-3H,(H2,13,14,15,16,17,18). The van der Waals surface area contributed by atoms with E-state index in [0.717, 1.165) is 0 Å². The first-order valence-electron chi connectivity index (χ1n) is 5.06. The monoisotopic (exact) mass is 297 g/mol. The molecule has 0 bridgehead atoms. The van der Waals surface area contributed by atoms with E-state index in [1.54, 1.807) is 0 Å². The van der Waals surface area contributed by atoms with Gasteiger partial charge in [-0.15, -0.1) is 0 Å². The molecule has 19 heavy (non-hydrogen) atoms. The zero-order chi connectivity index (χ0) is 13.4. The van der Waals surface area contributed by atoms with Gasteiger partial charge in [0.2, 0.25) is 11.2 Å². The lowest BCUT2D eigenvalue weighted by Crippen LogP contribution is -2.14. The zero-order valence-electron chi connectivity index (χ0n) is 9.15. The highest BCUT2D eigenvalue weighted by Gasteiger charge is 2.16. The van der Waals surface area contributed by atoms with Crippen molar-refractivity contribution < 1.29 is 9.21 Å². The molecule has 0 saturated carbocycles. The van der Waals surface area contributed by atoms with Gasteiger partial charge in [-0.05, 0) is 17.7 Å². The number of aromatic amines is 1. The number of hydrogen-bond acceptors (Lipinski definition) is 5. The van der Waals surface area contributed by atoms with E-state index in [-0.39, 0.29) is 21.9 Å². The number of furan rings is 1. The van der Waals surface area contributed by atoms with Gasteiger partial charge in [0.15, 0.2) is 10.8 Å². The van der Waals surface area contributed by atoms with Crippen molar-refractivity contribution in [3.05, 3.63) is 34.6 Å². The van der Waals surface area contributed by atoms with Crippen LogP contribution in [0.4, 0.5) is 5.95 Å². The third-order valence-electron chi connectivity index (χ3n) is 2.33. The maximum Gasteiger partial charge on any atom is 0.262 e. The van der Waals surface area contributed by atoms with Gasteiger partial charge in [0.05, 0.1) is 18.2 Å². The van der Waals surface area contributed by atoms with E-state index < -0.39 is 5.91 Å². The summed E-state index contributed by atoms with van der Waals surface area (Å²) in [5, 5.41) is 2.62. The Morgan fingerprint density at radius 1 is 1.37 bits per heavy atom. The predicted octanol–water partition coefficient (Wildman–Crippen LogP) is 2.51. The van der Waals surface area contributed by atoms with Crippen molar-refractivity contribution >= 4 is 46.2 Å². The van der Waals surface area contributed by atoms with Gasteiger partial charge in [0, 0.05) is 0 Å². The lowest BCUT2D eigenvalue weighted by molar-refractivity contribution is 0.102. The lowest BCUT2D eigenvalue weighted by atomic mass is 10.3. The Labute approximate surface area is 116 Å². The van der Waals surface area contributed by atoms with Crippen LogP contribution in [0.1, 0.15) is 10.4 Å². The summed E-state index contributed by atoms with van der Waals surface area (Å²) in [5.41, 5.74) is 1.04. The summed E-state index contributed by atoms with van der Waals surface area (Å²) in [6.45, 7) is 0. The predicted molar refractivity (Wildman–Crippen MR) is 68.4 cm³/mol. The van der Waals surface area contributed by atoms with Crippen LogP contribution < -0.4 is 5.32 Å². The van der Waals surface area contributed by atoms with E-state index in [2.05, 4.69) is 25.3 Å². The fraction of sp³-hybridized carbons (Fsp3) is 0. The first-order chi connectivity index (χ1) is 9.15. The van der Waals surface area contributed by atoms with Gasteiger partial charge in [-0.3, -0.25) is 10.1 Å². The van der Waals surface area contributed by atoms with Gasteiger partial charge >= 0.3 is 0 Å². The van der Waals surface area contributed by atoms with Crippen LogP contribution in [0.2, 0.25) is 10.4 Å². The van der Waals surface area contributed by atoms with Gasteiger partial charge in [0.25, 0.3) is 5.91 Å². The van der Waals surface area contributed by atoms with Crippen LogP contribution in [0, 0.1) is 0 Å². The molecule has 96 valence electrons. The number of anilines is 1. The summed E-state index contributed by atoms with van der Waals surface area (Å²) in [6, 6.07) is 1.44. The van der Waals surface area contributed by atoms with Crippen LogP contribution in [0.25, 0.3) is 11.2 Å². The molecule has 0 aliphatic carbocycles. The maximum absolute atomic E-state index is 11.9. The van der Waals surface area contributed by atoms with E-state index >= 15 is 0 Å². The molecule has 3 aromatic rings. The molecule has 3 aromatic heterocycles. The van der Waals surface area contributed by atoms with Gasteiger partial charge in [0.1, 0.15) is 5.52 Å². The van der Waals surface area contributed by atoms with E-state index in [9.17, 15) is 4.79 Å². The number of H-pyrrole nitrogens is 1. The van der Waals surface area contributed by atoms with Crippen molar-refractivity contribution in [3.8, 4) is 0 Å². The molecule has 0 aromatic carbocycles. The zero-order valence-corrected chi connectivity index (χ0v) is 10.7. The third kappa shape index (κ3) is 2.13. The fourth-order valence-corrected chi connectivity index (χ4v) is 1.90. The van der Waals surface area contributed by atoms with Crippen LogP contribution in [0.3, 0.4) is 0 Å². The minimum atomic E-state index is -0.496. The summed E-state index contributed by atoms with van der Waals surface area (Å²) in [4.78, 5) is 26.6. The Balaban J connectivity index is 1.93. The van der Waals surface area contributed by atoms with E-state index in [0.29, 0.717) is 11.2 Å². The summed E-state index contributed by atoms with van der Waals surface area (Å²) in [5.74, 6) is -0.462. The molecule has 7 nitrogen and oxygen atoms in total. The molecule has 0 aliphatic heterocycles. The van der Waals surface area contributed by atoms with Crippen LogP contribution in [-0.2, 0) is 0 Å². The first kappa shape index (κ1) is 11.9. The summed E-state index contributed by atoms with van der Waals surface area (Å²) in [7, 11) is 0. The molecule has 3 heterocycles. The van der Waals surface area contributed by atoms with Crippen molar-refractivity contribution in [2.75, 3.05) is 5.32 Å². The van der Waals surface area contributed by atoms with E-state index in [4.69, 9.17) is 27.6 Å². The molecule has 0 fully saturated rings. The molecule has 0 unspecified atom stereocenters. The highest BCUT2D eigenvalue weighted by molar-refractivity contribution is 6.34. The normalized spacial score (nSPS) is 10.8. The quantitative estimate of drug-likeness (QED) is 0.708. The SMILES string of the molecule is O=C(Nc1nc(Cl)c2[nH]cnc2n1)c1ccoc1Cl. The molecule has 9 heteroatoms. The van der Waals surface area contributed by atoms with E-state index in [1.165, 1.54) is 18.7 Å². The number of halogens is 2. The van der Waals surface area contributed by atoms with Crippen LogP contribution in [0.15, 0.2) is 23.1 Å². The average Bonchev–Trinajstić information content (AvgIpc) is 2.97. The molecule has 0 spiro atoms. The number of carbonyl (C=O) groups excluding carboxylic acids is 1. The van der Waals surface area contributed by atoms with Crippen molar-refractivity contribution in [2.45, 2.75) is 0 Å². The Kier molecular flexibility index (Phi) is 2.84. The molecule has 0 aliphatic rings. The minimum absolute atomic E-state index is 0.00977. The molecule has 0 radical (unpaired) electrons. The maximum atomic E-state index is 11.9. The molecule has 2 N–H and O–H groups in total. The number of nitrogens with one attached hydrogen (secondary N) is 2. The topological polar surface area (TPSA) is 96.7 Å². The van der Waals surface area contributed by atoms with Crippen molar-refractivity contribution in [1.82, 2.24) is 19.9 Å². The number of rotatable bonds is 2. The number of nitrogens with zero attached hydrogens (tertiary/aromatic N) is 3. The molecule has 1 amide bonds. The molecular formula is C10H5Cl2N5O2. The largest absolute Gasteiger partial charge is 0.452 e. The summed E-state index contributed by atoms with van der Waals surface area (Å²) >= 11 is 11.6. The second-order valence-corrected chi connectivity index (χ2v) is 4.20.